The summed E-state index contributed by atoms with van der Waals surface area (Å²) in [7, 11) is 0. The van der Waals surface area contributed by atoms with Crippen molar-refractivity contribution in [2.45, 2.75) is 52.4 Å². The van der Waals surface area contributed by atoms with E-state index < -0.39 is 11.7 Å². The molecule has 0 bridgehead atoms. The van der Waals surface area contributed by atoms with Crippen LogP contribution in [0, 0.1) is 0 Å². The van der Waals surface area contributed by atoms with E-state index in [9.17, 15) is 5.11 Å². The Kier molecular flexibility index (Phi) is 4.50. The fourth-order valence-electron chi connectivity index (χ4n) is 1.70. The Morgan fingerprint density at radius 2 is 2.19 bits per heavy atom. The van der Waals surface area contributed by atoms with Gasteiger partial charge in [0.15, 0.2) is 0 Å². The molecule has 0 saturated carbocycles. The van der Waals surface area contributed by atoms with Gasteiger partial charge in [-0.15, -0.1) is 0 Å². The Hall–Kier alpha value is -0.870. The number of hydrogen-bond acceptors (Lipinski definition) is 3. The normalized spacial score (nSPS) is 14.1. The van der Waals surface area contributed by atoms with E-state index in [2.05, 4.69) is 11.9 Å². The van der Waals surface area contributed by atoms with Gasteiger partial charge in [-0.3, -0.25) is 0 Å². The highest BCUT2D eigenvalue weighted by Crippen LogP contribution is 2.18. The van der Waals surface area contributed by atoms with Crippen LogP contribution in [-0.4, -0.2) is 33.0 Å². The standard InChI is InChI=1S/C12H22N2O2/c1-5-14-8-7-13-11(14)9-10(15)12(3,4)16-6-2/h7-8,10,15H,5-6,9H2,1-4H3. The summed E-state index contributed by atoms with van der Waals surface area (Å²) in [6.45, 7) is 9.27. The van der Waals surface area contributed by atoms with E-state index >= 15 is 0 Å². The van der Waals surface area contributed by atoms with Crippen LogP contribution >= 0.6 is 0 Å². The smallest absolute Gasteiger partial charge is 0.111 e. The highest BCUT2D eigenvalue weighted by atomic mass is 16.5. The van der Waals surface area contributed by atoms with E-state index in [1.807, 2.05) is 31.5 Å². The van der Waals surface area contributed by atoms with Gasteiger partial charge < -0.3 is 14.4 Å². The van der Waals surface area contributed by atoms with Crippen molar-refractivity contribution < 1.29 is 9.84 Å². The van der Waals surface area contributed by atoms with Crippen molar-refractivity contribution in [1.82, 2.24) is 9.55 Å². The molecule has 0 aliphatic heterocycles. The molecule has 1 rings (SSSR count). The molecule has 0 amide bonds. The zero-order valence-corrected chi connectivity index (χ0v) is 10.6. The van der Waals surface area contributed by atoms with Crippen LogP contribution in [0.25, 0.3) is 0 Å². The Labute approximate surface area is 97.3 Å². The molecule has 0 aromatic carbocycles. The van der Waals surface area contributed by atoms with Crippen LogP contribution in [0.2, 0.25) is 0 Å². The predicted octanol–water partition coefficient (Wildman–Crippen LogP) is 1.62. The lowest BCUT2D eigenvalue weighted by Gasteiger charge is -2.30. The zero-order chi connectivity index (χ0) is 12.2. The minimum Gasteiger partial charge on any atom is -0.390 e. The number of rotatable bonds is 6. The van der Waals surface area contributed by atoms with Crippen molar-refractivity contribution >= 4 is 0 Å². The summed E-state index contributed by atoms with van der Waals surface area (Å²) in [5, 5.41) is 10.1. The Bertz CT molecular complexity index is 321. The SMILES string of the molecule is CCOC(C)(C)C(O)Cc1nccn1CC. The molecule has 1 heterocycles. The van der Waals surface area contributed by atoms with E-state index in [1.165, 1.54) is 0 Å². The Morgan fingerprint density at radius 1 is 1.50 bits per heavy atom. The van der Waals surface area contributed by atoms with Crippen LogP contribution < -0.4 is 0 Å². The van der Waals surface area contributed by atoms with Crippen LogP contribution in [0.1, 0.15) is 33.5 Å². The second-order valence-corrected chi connectivity index (χ2v) is 4.39. The molecule has 1 N–H and O–H groups in total. The summed E-state index contributed by atoms with van der Waals surface area (Å²) < 4.78 is 7.56. The molecule has 1 aromatic rings. The first kappa shape index (κ1) is 13.2. The lowest BCUT2D eigenvalue weighted by Crippen LogP contribution is -2.41. The van der Waals surface area contributed by atoms with Gasteiger partial charge in [0.05, 0.1) is 11.7 Å². The summed E-state index contributed by atoms with van der Waals surface area (Å²) in [5.41, 5.74) is -0.529. The third-order valence-electron chi connectivity index (χ3n) is 2.84. The molecule has 0 spiro atoms. The van der Waals surface area contributed by atoms with E-state index in [4.69, 9.17) is 4.74 Å². The molecule has 1 atom stereocenters. The van der Waals surface area contributed by atoms with Gasteiger partial charge in [-0.2, -0.15) is 0 Å². The van der Waals surface area contributed by atoms with Crippen molar-refractivity contribution in [1.29, 1.82) is 0 Å². The molecule has 0 aliphatic carbocycles. The summed E-state index contributed by atoms with van der Waals surface area (Å²) in [4.78, 5) is 4.25. The van der Waals surface area contributed by atoms with Crippen molar-refractivity contribution in [2.24, 2.45) is 0 Å². The number of nitrogens with zero attached hydrogens (tertiary/aromatic N) is 2. The second kappa shape index (κ2) is 5.46. The fourth-order valence-corrected chi connectivity index (χ4v) is 1.70. The van der Waals surface area contributed by atoms with Crippen molar-refractivity contribution in [2.75, 3.05) is 6.61 Å². The van der Waals surface area contributed by atoms with Crippen molar-refractivity contribution in [3.8, 4) is 0 Å². The minimum absolute atomic E-state index is 0.522. The first-order valence-electron chi connectivity index (χ1n) is 5.83. The number of hydrogen-bond donors (Lipinski definition) is 1. The highest BCUT2D eigenvalue weighted by molar-refractivity contribution is 4.97. The number of aliphatic hydroxyl groups excluding tert-OH is 1. The van der Waals surface area contributed by atoms with Gasteiger partial charge in [-0.05, 0) is 27.7 Å². The van der Waals surface area contributed by atoms with Crippen LogP contribution in [0.4, 0.5) is 0 Å². The molecule has 0 aliphatic rings. The maximum atomic E-state index is 10.1. The average Bonchev–Trinajstić information content (AvgIpc) is 2.65. The second-order valence-electron chi connectivity index (χ2n) is 4.39. The molecule has 92 valence electrons. The summed E-state index contributed by atoms with van der Waals surface area (Å²) in [6, 6.07) is 0. The largest absolute Gasteiger partial charge is 0.390 e. The molecule has 1 unspecified atom stereocenters. The Morgan fingerprint density at radius 3 is 2.75 bits per heavy atom. The minimum atomic E-state index is -0.542. The molecule has 0 fully saturated rings. The summed E-state index contributed by atoms with van der Waals surface area (Å²) in [5.74, 6) is 0.905. The zero-order valence-electron chi connectivity index (χ0n) is 10.6. The maximum Gasteiger partial charge on any atom is 0.111 e. The molecular weight excluding hydrogens is 204 g/mol. The number of aromatic nitrogens is 2. The molecule has 4 nitrogen and oxygen atoms in total. The summed E-state index contributed by atoms with van der Waals surface area (Å²) in [6.07, 6.45) is 3.67. The monoisotopic (exact) mass is 226 g/mol. The number of ether oxygens (including phenoxy) is 1. The van der Waals surface area contributed by atoms with Gasteiger partial charge >= 0.3 is 0 Å². The van der Waals surface area contributed by atoms with Gasteiger partial charge in [-0.25, -0.2) is 4.98 Å². The van der Waals surface area contributed by atoms with E-state index in [0.717, 1.165) is 12.4 Å². The number of aliphatic hydroxyl groups is 1. The summed E-state index contributed by atoms with van der Waals surface area (Å²) >= 11 is 0. The van der Waals surface area contributed by atoms with Gasteiger partial charge in [0.2, 0.25) is 0 Å². The van der Waals surface area contributed by atoms with E-state index in [-0.39, 0.29) is 0 Å². The van der Waals surface area contributed by atoms with Crippen molar-refractivity contribution in [3.05, 3.63) is 18.2 Å². The van der Waals surface area contributed by atoms with Crippen LogP contribution in [-0.2, 0) is 17.7 Å². The highest BCUT2D eigenvalue weighted by Gasteiger charge is 2.29. The van der Waals surface area contributed by atoms with E-state index in [0.29, 0.717) is 13.0 Å². The van der Waals surface area contributed by atoms with Crippen LogP contribution in [0.3, 0.4) is 0 Å². The van der Waals surface area contributed by atoms with E-state index in [1.54, 1.807) is 6.20 Å². The number of imidazole rings is 1. The third-order valence-corrected chi connectivity index (χ3v) is 2.84. The molecular formula is C12H22N2O2. The Balaban J connectivity index is 2.67. The first-order valence-corrected chi connectivity index (χ1v) is 5.83. The lowest BCUT2D eigenvalue weighted by molar-refractivity contribution is -0.0963. The first-order chi connectivity index (χ1) is 7.51. The maximum absolute atomic E-state index is 10.1. The third kappa shape index (κ3) is 3.06. The van der Waals surface area contributed by atoms with Crippen molar-refractivity contribution in [3.63, 3.8) is 0 Å². The topological polar surface area (TPSA) is 47.3 Å². The van der Waals surface area contributed by atoms with Gasteiger partial charge in [0.1, 0.15) is 5.82 Å². The molecule has 0 saturated heterocycles. The quantitative estimate of drug-likeness (QED) is 0.802. The molecule has 1 aromatic heterocycles. The molecule has 16 heavy (non-hydrogen) atoms. The van der Waals surface area contributed by atoms with Gasteiger partial charge in [0, 0.05) is 32.0 Å². The lowest BCUT2D eigenvalue weighted by atomic mass is 9.98. The average molecular weight is 226 g/mol. The molecule has 0 radical (unpaired) electrons. The van der Waals surface area contributed by atoms with Gasteiger partial charge in [-0.1, -0.05) is 0 Å². The number of aryl methyl sites for hydroxylation is 1. The predicted molar refractivity (Wildman–Crippen MR) is 63.3 cm³/mol. The fraction of sp³-hybridized carbons (Fsp3) is 0.750. The van der Waals surface area contributed by atoms with Gasteiger partial charge in [0.25, 0.3) is 0 Å². The van der Waals surface area contributed by atoms with Crippen LogP contribution in [0.15, 0.2) is 12.4 Å². The molecule has 4 heteroatoms. The van der Waals surface area contributed by atoms with Crippen LogP contribution in [0.5, 0.6) is 0 Å².